The quantitative estimate of drug-likeness (QED) is 0.868. The van der Waals surface area contributed by atoms with Gasteiger partial charge in [0.25, 0.3) is 6.43 Å². The van der Waals surface area contributed by atoms with E-state index in [1.807, 2.05) is 12.1 Å². The maximum atomic E-state index is 12.3. The molecule has 5 heteroatoms. The van der Waals surface area contributed by atoms with Crippen LogP contribution in [0.15, 0.2) is 24.3 Å². The third-order valence-corrected chi connectivity index (χ3v) is 2.69. The van der Waals surface area contributed by atoms with Crippen LogP contribution in [0.25, 0.3) is 0 Å². The number of alkyl halides is 2. The van der Waals surface area contributed by atoms with Crippen molar-refractivity contribution in [2.45, 2.75) is 12.5 Å². The molecule has 1 aromatic rings. The molecule has 2 N–H and O–H groups in total. The van der Waals surface area contributed by atoms with Crippen molar-refractivity contribution >= 4 is 11.6 Å². The number of benzene rings is 1. The number of likely N-dealkylation sites (N-methyl/N-ethyl adjacent to an activating group) is 1. The van der Waals surface area contributed by atoms with E-state index in [1.54, 1.807) is 24.1 Å². The fourth-order valence-corrected chi connectivity index (χ4v) is 1.73. The summed E-state index contributed by atoms with van der Waals surface area (Å²) >= 11 is 5.76. The topological polar surface area (TPSA) is 29.3 Å². The summed E-state index contributed by atoms with van der Waals surface area (Å²) < 4.78 is 24.5. The van der Waals surface area contributed by atoms with E-state index in [4.69, 9.17) is 17.3 Å². The van der Waals surface area contributed by atoms with E-state index in [2.05, 4.69) is 0 Å². The van der Waals surface area contributed by atoms with Crippen molar-refractivity contribution in [2.75, 3.05) is 20.1 Å². The van der Waals surface area contributed by atoms with Gasteiger partial charge in [0.2, 0.25) is 0 Å². The lowest BCUT2D eigenvalue weighted by atomic mass is 10.1. The minimum absolute atomic E-state index is 0.203. The molecule has 1 aromatic carbocycles. The zero-order chi connectivity index (χ0) is 12.1. The van der Waals surface area contributed by atoms with Gasteiger partial charge in [-0.3, -0.25) is 4.90 Å². The number of nitrogens with zero attached hydrogens (tertiary/aromatic N) is 1. The van der Waals surface area contributed by atoms with Crippen molar-refractivity contribution in [1.82, 2.24) is 4.90 Å². The van der Waals surface area contributed by atoms with E-state index in [1.165, 1.54) is 0 Å². The molecule has 0 spiro atoms. The maximum absolute atomic E-state index is 12.3. The molecule has 2 nitrogen and oxygen atoms in total. The van der Waals surface area contributed by atoms with E-state index < -0.39 is 6.43 Å². The Labute approximate surface area is 99.0 Å². The van der Waals surface area contributed by atoms with E-state index in [9.17, 15) is 8.78 Å². The van der Waals surface area contributed by atoms with Crippen LogP contribution in [0.1, 0.15) is 11.6 Å². The zero-order valence-corrected chi connectivity index (χ0v) is 9.79. The summed E-state index contributed by atoms with van der Waals surface area (Å²) in [7, 11) is 1.64. The number of hydrogen-bond donors (Lipinski definition) is 1. The minimum Gasteiger partial charge on any atom is -0.329 e. The Hall–Kier alpha value is -0.710. The van der Waals surface area contributed by atoms with Crippen molar-refractivity contribution in [3.63, 3.8) is 0 Å². The zero-order valence-electron chi connectivity index (χ0n) is 9.04. The Morgan fingerprint density at radius 2 is 1.88 bits per heavy atom. The molecule has 0 aliphatic carbocycles. The smallest absolute Gasteiger partial charge is 0.251 e. The van der Waals surface area contributed by atoms with Crippen LogP contribution >= 0.6 is 11.6 Å². The molecular weight excluding hydrogens is 234 g/mol. The Morgan fingerprint density at radius 1 is 1.31 bits per heavy atom. The van der Waals surface area contributed by atoms with Gasteiger partial charge < -0.3 is 5.73 Å². The van der Waals surface area contributed by atoms with Gasteiger partial charge in [-0.05, 0) is 24.7 Å². The highest BCUT2D eigenvalue weighted by Crippen LogP contribution is 2.20. The highest BCUT2D eigenvalue weighted by Gasteiger charge is 2.18. The summed E-state index contributed by atoms with van der Waals surface area (Å²) in [5.41, 5.74) is 6.50. The van der Waals surface area contributed by atoms with Gasteiger partial charge in [-0.2, -0.15) is 0 Å². The molecule has 0 aliphatic rings. The lowest BCUT2D eigenvalue weighted by Gasteiger charge is -2.26. The fraction of sp³-hybridized carbons (Fsp3) is 0.455. The lowest BCUT2D eigenvalue weighted by Crippen LogP contribution is -2.33. The predicted octanol–water partition coefficient (Wildman–Crippen LogP) is 2.54. The molecule has 1 atom stereocenters. The van der Waals surface area contributed by atoms with Crippen LogP contribution in [0, 0.1) is 0 Å². The van der Waals surface area contributed by atoms with Gasteiger partial charge in [0.1, 0.15) is 0 Å². The summed E-state index contributed by atoms with van der Waals surface area (Å²) in [5, 5.41) is 0.621. The Balaban J connectivity index is 2.77. The van der Waals surface area contributed by atoms with Crippen LogP contribution in [-0.2, 0) is 0 Å². The second-order valence-electron chi connectivity index (χ2n) is 3.63. The molecule has 0 heterocycles. The first-order valence-corrected chi connectivity index (χ1v) is 5.36. The van der Waals surface area contributed by atoms with Gasteiger partial charge in [-0.1, -0.05) is 23.7 Å². The molecule has 1 unspecified atom stereocenters. The van der Waals surface area contributed by atoms with Gasteiger partial charge in [0.15, 0.2) is 0 Å². The molecule has 0 amide bonds. The first-order valence-electron chi connectivity index (χ1n) is 4.98. The number of halogens is 3. The van der Waals surface area contributed by atoms with Gasteiger partial charge in [-0.25, -0.2) is 8.78 Å². The summed E-state index contributed by atoms with van der Waals surface area (Å²) in [6.45, 7) is 0.00927. The molecule has 0 aliphatic heterocycles. The number of nitrogens with two attached hydrogens (primary N) is 1. The summed E-state index contributed by atoms with van der Waals surface area (Å²) in [6, 6.07) is 6.88. The van der Waals surface area contributed by atoms with Crippen LogP contribution in [-0.4, -0.2) is 31.5 Å². The minimum atomic E-state index is -2.36. The van der Waals surface area contributed by atoms with Crippen molar-refractivity contribution in [1.29, 1.82) is 0 Å². The highest BCUT2D eigenvalue weighted by atomic mass is 35.5. The van der Waals surface area contributed by atoms with Crippen molar-refractivity contribution < 1.29 is 8.78 Å². The van der Waals surface area contributed by atoms with Crippen LogP contribution in [0.5, 0.6) is 0 Å². The Kier molecular flexibility index (Phi) is 5.12. The van der Waals surface area contributed by atoms with Crippen LogP contribution in [0.4, 0.5) is 8.78 Å². The lowest BCUT2D eigenvalue weighted by molar-refractivity contribution is 0.0822. The van der Waals surface area contributed by atoms with Crippen molar-refractivity contribution in [2.24, 2.45) is 5.73 Å². The van der Waals surface area contributed by atoms with Gasteiger partial charge >= 0.3 is 0 Å². The monoisotopic (exact) mass is 248 g/mol. The Bertz CT molecular complexity index is 316. The average molecular weight is 249 g/mol. The molecule has 0 saturated heterocycles. The predicted molar refractivity (Wildman–Crippen MR) is 61.9 cm³/mol. The first kappa shape index (κ1) is 13.4. The molecule has 0 fully saturated rings. The van der Waals surface area contributed by atoms with Gasteiger partial charge in [0.05, 0.1) is 6.54 Å². The molecular formula is C11H15ClF2N2. The largest absolute Gasteiger partial charge is 0.329 e. The summed E-state index contributed by atoms with van der Waals surface area (Å²) in [5.74, 6) is 0. The molecule has 0 radical (unpaired) electrons. The van der Waals surface area contributed by atoms with Crippen LogP contribution < -0.4 is 5.73 Å². The van der Waals surface area contributed by atoms with E-state index >= 15 is 0 Å². The average Bonchev–Trinajstić information content (AvgIpc) is 2.21. The van der Waals surface area contributed by atoms with Crippen LogP contribution in [0.3, 0.4) is 0 Å². The normalized spacial score (nSPS) is 13.4. The summed E-state index contributed by atoms with van der Waals surface area (Å²) in [4.78, 5) is 1.55. The molecule has 0 aromatic heterocycles. The second-order valence-corrected chi connectivity index (χ2v) is 4.07. The van der Waals surface area contributed by atoms with Gasteiger partial charge in [0, 0.05) is 17.6 Å². The molecule has 1 rings (SSSR count). The number of rotatable bonds is 5. The highest BCUT2D eigenvalue weighted by molar-refractivity contribution is 6.30. The van der Waals surface area contributed by atoms with E-state index in [0.29, 0.717) is 11.6 Å². The third kappa shape index (κ3) is 3.70. The van der Waals surface area contributed by atoms with E-state index in [0.717, 1.165) is 5.56 Å². The maximum Gasteiger partial charge on any atom is 0.251 e. The number of hydrogen-bond acceptors (Lipinski definition) is 2. The van der Waals surface area contributed by atoms with Crippen molar-refractivity contribution in [3.8, 4) is 0 Å². The standard InChI is InChI=1S/C11H15ClF2N2/c1-16(7-11(13)14)10(6-15)8-2-4-9(12)5-3-8/h2-5,10-11H,6-7,15H2,1H3. The fourth-order valence-electron chi connectivity index (χ4n) is 1.60. The molecule has 0 bridgehead atoms. The molecule has 0 saturated carbocycles. The third-order valence-electron chi connectivity index (χ3n) is 2.44. The SMILES string of the molecule is CN(CC(F)F)C(CN)c1ccc(Cl)cc1. The first-order chi connectivity index (χ1) is 7.54. The van der Waals surface area contributed by atoms with Crippen molar-refractivity contribution in [3.05, 3.63) is 34.9 Å². The van der Waals surface area contributed by atoms with Crippen LogP contribution in [0.2, 0.25) is 5.02 Å². The molecule has 90 valence electrons. The van der Waals surface area contributed by atoms with Gasteiger partial charge in [-0.15, -0.1) is 0 Å². The molecule has 16 heavy (non-hydrogen) atoms. The second kappa shape index (κ2) is 6.13. The van der Waals surface area contributed by atoms with E-state index in [-0.39, 0.29) is 12.6 Å². The Morgan fingerprint density at radius 3 is 2.31 bits per heavy atom. The summed E-state index contributed by atoms with van der Waals surface area (Å²) in [6.07, 6.45) is -2.36.